The van der Waals surface area contributed by atoms with Gasteiger partial charge >= 0.3 is 0 Å². The fraction of sp³-hybridized carbons (Fsp3) is 0.316. The summed E-state index contributed by atoms with van der Waals surface area (Å²) in [6.45, 7) is 1.44. The van der Waals surface area contributed by atoms with Crippen LogP contribution in [0, 0.1) is 0 Å². The molecule has 1 unspecified atom stereocenters. The zero-order chi connectivity index (χ0) is 18.6. The van der Waals surface area contributed by atoms with Gasteiger partial charge in [0.25, 0.3) is 0 Å². The van der Waals surface area contributed by atoms with Gasteiger partial charge in [0.2, 0.25) is 5.91 Å². The van der Waals surface area contributed by atoms with E-state index in [1.54, 1.807) is 40.9 Å². The number of sulfone groups is 1. The van der Waals surface area contributed by atoms with Crippen molar-refractivity contribution in [2.24, 2.45) is 0 Å². The molecule has 3 rings (SSSR count). The number of rotatable bonds is 7. The molecule has 0 N–H and O–H groups in total. The fourth-order valence-electron chi connectivity index (χ4n) is 2.72. The first-order valence-electron chi connectivity index (χ1n) is 8.25. The molecule has 0 bridgehead atoms. The largest absolute Gasteiger partial charge is 0.374 e. The van der Waals surface area contributed by atoms with Crippen molar-refractivity contribution in [3.8, 4) is 0 Å². The maximum atomic E-state index is 12.2. The van der Waals surface area contributed by atoms with Crippen molar-refractivity contribution in [2.45, 2.75) is 23.4 Å². The lowest BCUT2D eigenvalue weighted by atomic mass is 10.2. The van der Waals surface area contributed by atoms with Crippen LogP contribution in [-0.4, -0.2) is 43.2 Å². The standard InChI is InChI=1S/C19H21NO4S2/c1-26(22,23)17-9-7-15(8-10-17)11-20-18(21)14-25-19(20)13-24-12-16-5-3-2-4-6-16/h2-10,19H,11-14H2,1H3. The van der Waals surface area contributed by atoms with Gasteiger partial charge in [0.1, 0.15) is 5.37 Å². The molecule has 1 saturated heterocycles. The van der Waals surface area contributed by atoms with E-state index in [-0.39, 0.29) is 16.2 Å². The molecule has 26 heavy (non-hydrogen) atoms. The molecule has 0 aliphatic carbocycles. The number of carbonyl (C=O) groups is 1. The van der Waals surface area contributed by atoms with Crippen LogP contribution in [0.4, 0.5) is 0 Å². The van der Waals surface area contributed by atoms with Crippen LogP contribution in [0.2, 0.25) is 0 Å². The van der Waals surface area contributed by atoms with Gasteiger partial charge in [0.05, 0.1) is 23.9 Å². The number of nitrogens with zero attached hydrogens (tertiary/aromatic N) is 1. The Morgan fingerprint density at radius 3 is 2.42 bits per heavy atom. The molecule has 1 heterocycles. The van der Waals surface area contributed by atoms with Gasteiger partial charge in [0.15, 0.2) is 9.84 Å². The van der Waals surface area contributed by atoms with Gasteiger partial charge in [-0.2, -0.15) is 0 Å². The van der Waals surface area contributed by atoms with Crippen molar-refractivity contribution < 1.29 is 17.9 Å². The maximum Gasteiger partial charge on any atom is 0.233 e. The Morgan fingerprint density at radius 2 is 1.77 bits per heavy atom. The number of ether oxygens (including phenoxy) is 1. The highest BCUT2D eigenvalue weighted by Crippen LogP contribution is 2.27. The van der Waals surface area contributed by atoms with Crippen LogP contribution in [-0.2, 0) is 32.5 Å². The summed E-state index contributed by atoms with van der Waals surface area (Å²) in [6, 6.07) is 16.6. The first kappa shape index (κ1) is 18.9. The van der Waals surface area contributed by atoms with Gasteiger partial charge in [0, 0.05) is 12.8 Å². The van der Waals surface area contributed by atoms with Crippen molar-refractivity contribution in [1.29, 1.82) is 0 Å². The zero-order valence-corrected chi connectivity index (χ0v) is 16.1. The Hall–Kier alpha value is -1.83. The molecule has 0 aromatic heterocycles. The molecule has 1 fully saturated rings. The molecule has 7 heteroatoms. The second kappa shape index (κ2) is 8.24. The summed E-state index contributed by atoms with van der Waals surface area (Å²) in [5, 5.41) is -0.0270. The minimum absolute atomic E-state index is 0.0270. The van der Waals surface area contributed by atoms with Gasteiger partial charge in [-0.05, 0) is 23.3 Å². The Morgan fingerprint density at radius 1 is 1.08 bits per heavy atom. The van der Waals surface area contributed by atoms with Crippen molar-refractivity contribution >= 4 is 27.5 Å². The molecular weight excluding hydrogens is 370 g/mol. The van der Waals surface area contributed by atoms with Crippen LogP contribution in [0.5, 0.6) is 0 Å². The number of carbonyl (C=O) groups excluding carboxylic acids is 1. The average molecular weight is 392 g/mol. The minimum Gasteiger partial charge on any atom is -0.374 e. The van der Waals surface area contributed by atoms with Crippen molar-refractivity contribution in [3.05, 3.63) is 65.7 Å². The number of amides is 1. The number of hydrogen-bond donors (Lipinski definition) is 0. The van der Waals surface area contributed by atoms with E-state index in [2.05, 4.69) is 0 Å². The van der Waals surface area contributed by atoms with Crippen LogP contribution in [0.15, 0.2) is 59.5 Å². The molecular formula is C19H21NO4S2. The van der Waals surface area contributed by atoms with E-state index in [0.29, 0.717) is 25.5 Å². The van der Waals surface area contributed by atoms with Crippen LogP contribution >= 0.6 is 11.8 Å². The quantitative estimate of drug-likeness (QED) is 0.726. The summed E-state index contributed by atoms with van der Waals surface area (Å²) in [4.78, 5) is 14.3. The molecule has 0 spiro atoms. The van der Waals surface area contributed by atoms with Crippen LogP contribution in [0.3, 0.4) is 0 Å². The van der Waals surface area contributed by atoms with Gasteiger partial charge in [-0.1, -0.05) is 42.5 Å². The lowest BCUT2D eigenvalue weighted by Crippen LogP contribution is -2.35. The molecule has 1 aliphatic rings. The second-order valence-corrected chi connectivity index (χ2v) is 9.39. The average Bonchev–Trinajstić information content (AvgIpc) is 2.96. The number of hydrogen-bond acceptors (Lipinski definition) is 5. The molecule has 2 aromatic rings. The number of benzene rings is 2. The van der Waals surface area contributed by atoms with E-state index in [9.17, 15) is 13.2 Å². The molecule has 138 valence electrons. The van der Waals surface area contributed by atoms with Gasteiger partial charge < -0.3 is 9.64 Å². The highest BCUT2D eigenvalue weighted by molar-refractivity contribution is 8.01. The van der Waals surface area contributed by atoms with Crippen LogP contribution in [0.25, 0.3) is 0 Å². The van der Waals surface area contributed by atoms with Crippen molar-refractivity contribution in [3.63, 3.8) is 0 Å². The van der Waals surface area contributed by atoms with Crippen molar-refractivity contribution in [1.82, 2.24) is 4.90 Å². The Labute approximate surface area is 158 Å². The minimum atomic E-state index is -3.21. The Balaban J connectivity index is 1.59. The van der Waals surface area contributed by atoms with E-state index in [0.717, 1.165) is 11.1 Å². The third-order valence-electron chi connectivity index (χ3n) is 4.14. The Bertz CT molecular complexity index is 851. The van der Waals surface area contributed by atoms with E-state index in [1.807, 2.05) is 30.3 Å². The van der Waals surface area contributed by atoms with Crippen LogP contribution in [0.1, 0.15) is 11.1 Å². The highest BCUT2D eigenvalue weighted by Gasteiger charge is 2.31. The monoisotopic (exact) mass is 391 g/mol. The third kappa shape index (κ3) is 4.87. The smallest absolute Gasteiger partial charge is 0.233 e. The maximum absolute atomic E-state index is 12.2. The van der Waals surface area contributed by atoms with E-state index < -0.39 is 9.84 Å². The number of thioether (sulfide) groups is 1. The van der Waals surface area contributed by atoms with Crippen LogP contribution < -0.4 is 0 Å². The zero-order valence-electron chi connectivity index (χ0n) is 14.5. The molecule has 5 nitrogen and oxygen atoms in total. The second-order valence-electron chi connectivity index (χ2n) is 6.20. The first-order valence-corrected chi connectivity index (χ1v) is 11.2. The van der Waals surface area contributed by atoms with Gasteiger partial charge in [-0.25, -0.2) is 8.42 Å². The lowest BCUT2D eigenvalue weighted by Gasteiger charge is -2.24. The molecule has 0 saturated carbocycles. The van der Waals surface area contributed by atoms with E-state index in [4.69, 9.17) is 4.74 Å². The summed E-state index contributed by atoms with van der Waals surface area (Å²) in [5.41, 5.74) is 2.01. The molecule has 1 amide bonds. The third-order valence-corrected chi connectivity index (χ3v) is 6.46. The summed E-state index contributed by atoms with van der Waals surface area (Å²) < 4.78 is 28.9. The van der Waals surface area contributed by atoms with Gasteiger partial charge in [-0.3, -0.25) is 4.79 Å². The molecule has 0 radical (unpaired) electrons. The molecule has 1 aliphatic heterocycles. The predicted molar refractivity (Wildman–Crippen MR) is 102 cm³/mol. The normalized spacial score (nSPS) is 17.7. The SMILES string of the molecule is CS(=O)(=O)c1ccc(CN2C(=O)CSC2COCc2ccccc2)cc1. The highest BCUT2D eigenvalue weighted by atomic mass is 32.2. The Kier molecular flexibility index (Phi) is 6.01. The van der Waals surface area contributed by atoms with E-state index >= 15 is 0 Å². The van der Waals surface area contributed by atoms with Gasteiger partial charge in [-0.15, -0.1) is 11.8 Å². The predicted octanol–water partition coefficient (Wildman–Crippen LogP) is 2.71. The summed E-state index contributed by atoms with van der Waals surface area (Å²) in [5.74, 6) is 0.524. The van der Waals surface area contributed by atoms with E-state index in [1.165, 1.54) is 6.26 Å². The fourth-order valence-corrected chi connectivity index (χ4v) is 4.42. The summed E-state index contributed by atoms with van der Waals surface area (Å²) >= 11 is 1.58. The van der Waals surface area contributed by atoms with Crippen molar-refractivity contribution in [2.75, 3.05) is 18.6 Å². The summed E-state index contributed by atoms with van der Waals surface area (Å²) in [6.07, 6.45) is 1.18. The summed E-state index contributed by atoms with van der Waals surface area (Å²) in [7, 11) is -3.21. The lowest BCUT2D eigenvalue weighted by molar-refractivity contribution is -0.129. The first-order chi connectivity index (χ1) is 12.4. The topological polar surface area (TPSA) is 63.7 Å². The molecule has 1 atom stereocenters. The molecule has 2 aromatic carbocycles.